The lowest BCUT2D eigenvalue weighted by atomic mass is 9.90. The lowest BCUT2D eigenvalue weighted by molar-refractivity contribution is 0.143. The Bertz CT molecular complexity index is 654. The highest BCUT2D eigenvalue weighted by Crippen LogP contribution is 2.10. The molecule has 0 aliphatic carbocycles. The van der Waals surface area contributed by atoms with E-state index in [4.69, 9.17) is 7.85 Å². The Labute approximate surface area is 138 Å². The summed E-state index contributed by atoms with van der Waals surface area (Å²) < 4.78 is 0. The summed E-state index contributed by atoms with van der Waals surface area (Å²) in [6.07, 6.45) is 0. The highest BCUT2D eigenvalue weighted by Gasteiger charge is 2.21. The average Bonchev–Trinajstić information content (AvgIpc) is 2.58. The van der Waals surface area contributed by atoms with Crippen molar-refractivity contribution in [3.63, 3.8) is 0 Å². The molecule has 2 radical (unpaired) electrons. The van der Waals surface area contributed by atoms with Crippen LogP contribution in [0.1, 0.15) is 5.56 Å². The van der Waals surface area contributed by atoms with Crippen LogP contribution in [0.2, 0.25) is 0 Å². The third-order valence-electron chi connectivity index (χ3n) is 4.13. The van der Waals surface area contributed by atoms with E-state index < -0.39 is 0 Å². The zero-order chi connectivity index (χ0) is 16.1. The molecule has 0 unspecified atom stereocenters. The van der Waals surface area contributed by atoms with Gasteiger partial charge in [0.05, 0.1) is 0 Å². The second-order valence-corrected chi connectivity index (χ2v) is 5.76. The van der Waals surface area contributed by atoms with Gasteiger partial charge < -0.3 is 10.2 Å². The second kappa shape index (κ2) is 7.33. The Hall–Kier alpha value is -2.27. The number of hydrogen-bond acceptors (Lipinski definition) is 2. The number of nitrogens with one attached hydrogen (secondary N) is 1. The molecule has 1 saturated heterocycles. The number of para-hydroxylation sites is 1. The van der Waals surface area contributed by atoms with Gasteiger partial charge in [0.15, 0.2) is 0 Å². The van der Waals surface area contributed by atoms with Gasteiger partial charge in [0.1, 0.15) is 7.85 Å². The molecular weight excluding hydrogens is 285 g/mol. The van der Waals surface area contributed by atoms with Crippen LogP contribution in [0, 0.1) is 0 Å². The monoisotopic (exact) mass is 305 g/mol. The molecule has 23 heavy (non-hydrogen) atoms. The van der Waals surface area contributed by atoms with E-state index in [9.17, 15) is 4.79 Å². The first-order valence-corrected chi connectivity index (χ1v) is 7.89. The third kappa shape index (κ3) is 4.14. The summed E-state index contributed by atoms with van der Waals surface area (Å²) in [7, 11) is 6.00. The first kappa shape index (κ1) is 15.6. The molecule has 1 N–H and O–H groups in total. The predicted molar refractivity (Wildman–Crippen MR) is 94.1 cm³/mol. The van der Waals surface area contributed by atoms with Gasteiger partial charge in [-0.05, 0) is 17.7 Å². The zero-order valence-electron chi connectivity index (χ0n) is 13.1. The van der Waals surface area contributed by atoms with Crippen LogP contribution < -0.4 is 10.8 Å². The van der Waals surface area contributed by atoms with E-state index in [-0.39, 0.29) is 6.03 Å². The van der Waals surface area contributed by atoms with E-state index in [2.05, 4.69) is 16.3 Å². The molecule has 4 nitrogen and oxygen atoms in total. The van der Waals surface area contributed by atoms with Gasteiger partial charge in [0.25, 0.3) is 0 Å². The standard InChI is InChI=1S/C18H20BN3O/c19-17-9-5-4-6-15(17)14-21-10-12-22(13-11-21)18(23)20-16-7-2-1-3-8-16/h1-9H,10-14H2,(H,20,23). The van der Waals surface area contributed by atoms with Crippen molar-refractivity contribution in [1.82, 2.24) is 9.80 Å². The van der Waals surface area contributed by atoms with E-state index in [0.717, 1.165) is 49.4 Å². The fourth-order valence-corrected chi connectivity index (χ4v) is 2.75. The molecule has 2 aromatic carbocycles. The molecule has 0 saturated carbocycles. The highest BCUT2D eigenvalue weighted by atomic mass is 16.2. The van der Waals surface area contributed by atoms with E-state index in [1.54, 1.807) is 0 Å². The van der Waals surface area contributed by atoms with Gasteiger partial charge in [-0.3, -0.25) is 4.90 Å². The van der Waals surface area contributed by atoms with Crippen LogP contribution in [-0.2, 0) is 6.54 Å². The molecule has 1 aliphatic rings. The summed E-state index contributed by atoms with van der Waals surface area (Å²) in [5.41, 5.74) is 2.81. The summed E-state index contributed by atoms with van der Waals surface area (Å²) in [5, 5.41) is 2.93. The van der Waals surface area contributed by atoms with Crippen LogP contribution in [0.3, 0.4) is 0 Å². The van der Waals surface area contributed by atoms with E-state index >= 15 is 0 Å². The molecule has 2 aromatic rings. The Morgan fingerprint density at radius 1 is 0.957 bits per heavy atom. The van der Waals surface area contributed by atoms with Crippen LogP contribution in [0.15, 0.2) is 54.6 Å². The molecule has 1 aliphatic heterocycles. The van der Waals surface area contributed by atoms with Crippen molar-refractivity contribution in [3.8, 4) is 0 Å². The van der Waals surface area contributed by atoms with Gasteiger partial charge in [-0.1, -0.05) is 47.9 Å². The number of urea groups is 1. The number of piperazine rings is 1. The number of amides is 2. The van der Waals surface area contributed by atoms with Crippen molar-refractivity contribution in [2.24, 2.45) is 0 Å². The van der Waals surface area contributed by atoms with E-state index in [0.29, 0.717) is 0 Å². The molecule has 0 spiro atoms. The summed E-state index contributed by atoms with van der Waals surface area (Å²) in [5.74, 6) is 0. The van der Waals surface area contributed by atoms with Crippen LogP contribution >= 0.6 is 0 Å². The van der Waals surface area contributed by atoms with Gasteiger partial charge in [-0.2, -0.15) is 0 Å². The molecule has 3 rings (SSSR count). The van der Waals surface area contributed by atoms with Gasteiger partial charge in [0.2, 0.25) is 0 Å². The third-order valence-corrected chi connectivity index (χ3v) is 4.13. The quantitative estimate of drug-likeness (QED) is 0.878. The summed E-state index contributed by atoms with van der Waals surface area (Å²) in [4.78, 5) is 16.5. The Morgan fingerprint density at radius 3 is 2.30 bits per heavy atom. The van der Waals surface area contributed by atoms with Crippen molar-refractivity contribution >= 4 is 25.0 Å². The minimum absolute atomic E-state index is 0.0323. The summed E-state index contributed by atoms with van der Waals surface area (Å²) in [6.45, 7) is 4.00. The maximum atomic E-state index is 12.3. The molecule has 0 bridgehead atoms. The Balaban J connectivity index is 1.50. The molecule has 1 heterocycles. The average molecular weight is 305 g/mol. The van der Waals surface area contributed by atoms with Crippen LogP contribution in [-0.4, -0.2) is 49.9 Å². The second-order valence-electron chi connectivity index (χ2n) is 5.76. The summed E-state index contributed by atoms with van der Waals surface area (Å²) >= 11 is 0. The Morgan fingerprint density at radius 2 is 1.61 bits per heavy atom. The maximum Gasteiger partial charge on any atom is 0.321 e. The number of nitrogens with zero attached hydrogens (tertiary/aromatic N) is 2. The van der Waals surface area contributed by atoms with Gasteiger partial charge >= 0.3 is 6.03 Å². The highest BCUT2D eigenvalue weighted by molar-refractivity contribution is 6.33. The topological polar surface area (TPSA) is 35.6 Å². The molecule has 0 atom stereocenters. The fraction of sp³-hybridized carbons (Fsp3) is 0.278. The van der Waals surface area contributed by atoms with Crippen molar-refractivity contribution in [2.45, 2.75) is 6.54 Å². The molecule has 1 fully saturated rings. The number of benzene rings is 2. The number of hydrogen-bond donors (Lipinski definition) is 1. The molecular formula is C18H20BN3O. The first-order chi connectivity index (χ1) is 11.2. The number of carbonyl (C=O) groups is 1. The largest absolute Gasteiger partial charge is 0.322 e. The van der Waals surface area contributed by atoms with Gasteiger partial charge in [0, 0.05) is 38.4 Å². The van der Waals surface area contributed by atoms with Crippen LogP contribution in [0.25, 0.3) is 0 Å². The predicted octanol–water partition coefficient (Wildman–Crippen LogP) is 1.83. The molecule has 0 aromatic heterocycles. The number of carbonyl (C=O) groups excluding carboxylic acids is 1. The van der Waals surface area contributed by atoms with Crippen molar-refractivity contribution in [3.05, 3.63) is 60.2 Å². The van der Waals surface area contributed by atoms with Crippen LogP contribution in [0.5, 0.6) is 0 Å². The van der Waals surface area contributed by atoms with E-state index in [1.165, 1.54) is 0 Å². The number of anilines is 1. The smallest absolute Gasteiger partial charge is 0.321 e. The van der Waals surface area contributed by atoms with Crippen molar-refractivity contribution < 1.29 is 4.79 Å². The lowest BCUT2D eigenvalue weighted by Crippen LogP contribution is -2.49. The lowest BCUT2D eigenvalue weighted by Gasteiger charge is -2.35. The van der Waals surface area contributed by atoms with Gasteiger partial charge in [-0.25, -0.2) is 4.79 Å². The fourth-order valence-electron chi connectivity index (χ4n) is 2.75. The SMILES string of the molecule is [B]c1ccccc1CN1CCN(C(=O)Nc2ccccc2)CC1. The summed E-state index contributed by atoms with van der Waals surface area (Å²) in [6, 6.07) is 17.5. The molecule has 5 heteroatoms. The van der Waals surface area contributed by atoms with Crippen LogP contribution in [0.4, 0.5) is 10.5 Å². The maximum absolute atomic E-state index is 12.3. The van der Waals surface area contributed by atoms with Gasteiger partial charge in [-0.15, -0.1) is 0 Å². The number of rotatable bonds is 3. The minimum Gasteiger partial charge on any atom is -0.322 e. The normalized spacial score (nSPS) is 15.4. The van der Waals surface area contributed by atoms with E-state index in [1.807, 2.05) is 53.4 Å². The van der Waals surface area contributed by atoms with Crippen molar-refractivity contribution in [2.75, 3.05) is 31.5 Å². The Kier molecular flexibility index (Phi) is 4.98. The van der Waals surface area contributed by atoms with Crippen molar-refractivity contribution in [1.29, 1.82) is 0 Å². The molecule has 2 amide bonds. The first-order valence-electron chi connectivity index (χ1n) is 7.89. The zero-order valence-corrected chi connectivity index (χ0v) is 13.1. The molecule has 116 valence electrons. The minimum atomic E-state index is -0.0323.